The van der Waals surface area contributed by atoms with Crippen LogP contribution in [0.4, 0.5) is 0 Å². The van der Waals surface area contributed by atoms with Crippen LogP contribution in [0.3, 0.4) is 0 Å². The predicted octanol–water partition coefficient (Wildman–Crippen LogP) is 8.81. The molecular weight excluding hydrogens is 376 g/mol. The highest BCUT2D eigenvalue weighted by Crippen LogP contribution is 2.68. The second-order valence-corrected chi connectivity index (χ2v) is 12.3. The first-order chi connectivity index (χ1) is 14.8. The highest BCUT2D eigenvalue weighted by atomic mass is 16.3. The van der Waals surface area contributed by atoms with Crippen LogP contribution in [0.1, 0.15) is 126 Å². The van der Waals surface area contributed by atoms with Gasteiger partial charge in [-0.05, 0) is 104 Å². The highest BCUT2D eigenvalue weighted by molar-refractivity contribution is 5.25. The molecule has 3 saturated carbocycles. The van der Waals surface area contributed by atoms with Gasteiger partial charge in [0, 0.05) is 0 Å². The topological polar surface area (TPSA) is 20.2 Å². The molecule has 0 aromatic rings. The fourth-order valence-corrected chi connectivity index (χ4v) is 9.09. The van der Waals surface area contributed by atoms with Crippen molar-refractivity contribution < 1.29 is 5.11 Å². The van der Waals surface area contributed by atoms with E-state index < -0.39 is 0 Å². The van der Waals surface area contributed by atoms with Gasteiger partial charge in [-0.2, -0.15) is 0 Å². The molecule has 7 unspecified atom stereocenters. The minimum Gasteiger partial charge on any atom is -0.393 e. The van der Waals surface area contributed by atoms with Gasteiger partial charge in [-0.1, -0.05) is 79.4 Å². The van der Waals surface area contributed by atoms with Gasteiger partial charge in [-0.15, -0.1) is 0 Å². The Morgan fingerprint density at radius 1 is 1.00 bits per heavy atom. The minimum atomic E-state index is -0.0771. The zero-order valence-electron chi connectivity index (χ0n) is 22.1. The second kappa shape index (κ2) is 10.3. The van der Waals surface area contributed by atoms with Gasteiger partial charge < -0.3 is 5.11 Å². The third kappa shape index (κ3) is 4.56. The van der Waals surface area contributed by atoms with Crippen LogP contribution in [0.25, 0.3) is 0 Å². The lowest BCUT2D eigenvalue weighted by molar-refractivity contribution is -0.0682. The molecule has 8 atom stereocenters. The van der Waals surface area contributed by atoms with Crippen molar-refractivity contribution in [3.63, 3.8) is 0 Å². The third-order valence-electron chi connectivity index (χ3n) is 10.6. The van der Waals surface area contributed by atoms with Gasteiger partial charge >= 0.3 is 0 Å². The van der Waals surface area contributed by atoms with E-state index in [0.717, 1.165) is 48.3 Å². The molecule has 0 aliphatic heterocycles. The van der Waals surface area contributed by atoms with Crippen LogP contribution in [0.5, 0.6) is 0 Å². The summed E-state index contributed by atoms with van der Waals surface area (Å²) in [6.07, 6.45) is 18.7. The summed E-state index contributed by atoms with van der Waals surface area (Å²) in [5.74, 6) is 5.50. The van der Waals surface area contributed by atoms with Crippen molar-refractivity contribution in [3.05, 3.63) is 11.6 Å². The van der Waals surface area contributed by atoms with Crippen molar-refractivity contribution in [1.82, 2.24) is 0 Å². The van der Waals surface area contributed by atoms with Crippen molar-refractivity contribution in [2.75, 3.05) is 0 Å². The summed E-state index contributed by atoms with van der Waals surface area (Å²) in [7, 11) is 0. The van der Waals surface area contributed by atoms with Crippen LogP contribution in [0.15, 0.2) is 11.6 Å². The van der Waals surface area contributed by atoms with Gasteiger partial charge in [0.25, 0.3) is 0 Å². The molecule has 4 rings (SSSR count). The molecule has 1 heteroatoms. The molecule has 31 heavy (non-hydrogen) atoms. The standard InChI is InChI=1S/C28H48O.C2H6/c1-6-28-17-15-25-23(11-10-21-18-22(29)14-16-27(21,25)5)26(28)13-12-24(28)20(4)9-7-8-19(2)3;1-2/h10,19-20,22-26,29H,6-9,11-18H2,1-5H3;1-2H3/t20-,22?,23?,24?,25?,26?,27?,28?;/m1./s1. The smallest absolute Gasteiger partial charge is 0.0577 e. The number of fused-ring (bicyclic) bond motifs is 5. The summed E-state index contributed by atoms with van der Waals surface area (Å²) in [6.45, 7) is 16.4. The molecule has 0 aromatic carbocycles. The summed E-state index contributed by atoms with van der Waals surface area (Å²) in [6, 6.07) is 0. The molecule has 0 saturated heterocycles. The summed E-state index contributed by atoms with van der Waals surface area (Å²) >= 11 is 0. The van der Waals surface area contributed by atoms with Crippen LogP contribution in [0, 0.1) is 46.3 Å². The first kappa shape index (κ1) is 25.3. The monoisotopic (exact) mass is 430 g/mol. The second-order valence-electron chi connectivity index (χ2n) is 12.3. The number of rotatable bonds is 6. The minimum absolute atomic E-state index is 0.0771. The first-order valence-corrected chi connectivity index (χ1v) is 14.2. The fraction of sp³-hybridized carbons (Fsp3) is 0.933. The molecule has 0 radical (unpaired) electrons. The van der Waals surface area contributed by atoms with Crippen LogP contribution < -0.4 is 0 Å². The molecule has 1 N–H and O–H groups in total. The van der Waals surface area contributed by atoms with Crippen molar-refractivity contribution in [2.45, 2.75) is 132 Å². The molecular formula is C30H54O. The average molecular weight is 431 g/mol. The van der Waals surface area contributed by atoms with Gasteiger partial charge in [0.15, 0.2) is 0 Å². The van der Waals surface area contributed by atoms with Crippen molar-refractivity contribution in [3.8, 4) is 0 Å². The van der Waals surface area contributed by atoms with E-state index in [1.165, 1.54) is 64.2 Å². The maximum absolute atomic E-state index is 10.2. The third-order valence-corrected chi connectivity index (χ3v) is 10.6. The Balaban J connectivity index is 0.00000132. The lowest BCUT2D eigenvalue weighted by Gasteiger charge is -2.59. The van der Waals surface area contributed by atoms with Crippen LogP contribution in [-0.2, 0) is 0 Å². The largest absolute Gasteiger partial charge is 0.393 e. The maximum atomic E-state index is 10.2. The fourth-order valence-electron chi connectivity index (χ4n) is 9.09. The van der Waals surface area contributed by atoms with Gasteiger partial charge in [0.2, 0.25) is 0 Å². The van der Waals surface area contributed by atoms with E-state index in [1.54, 1.807) is 5.57 Å². The van der Waals surface area contributed by atoms with E-state index in [0.29, 0.717) is 10.8 Å². The molecule has 3 fully saturated rings. The van der Waals surface area contributed by atoms with E-state index in [1.807, 2.05) is 13.8 Å². The van der Waals surface area contributed by atoms with Crippen molar-refractivity contribution in [1.29, 1.82) is 0 Å². The molecule has 0 spiro atoms. The SMILES string of the molecule is CC.CCC12CCC3C(CC=C4CC(O)CCC43C)C1CCC2[C@H](C)CCCC(C)C. The molecule has 0 aromatic heterocycles. The molecule has 0 amide bonds. The predicted molar refractivity (Wildman–Crippen MR) is 135 cm³/mol. The summed E-state index contributed by atoms with van der Waals surface area (Å²) in [5.41, 5.74) is 2.65. The molecule has 1 nitrogen and oxygen atoms in total. The zero-order chi connectivity index (χ0) is 22.8. The Hall–Kier alpha value is -0.300. The number of aliphatic hydroxyl groups is 1. The van der Waals surface area contributed by atoms with E-state index in [4.69, 9.17) is 0 Å². The highest BCUT2D eigenvalue weighted by Gasteiger charge is 2.60. The maximum Gasteiger partial charge on any atom is 0.0577 e. The molecule has 180 valence electrons. The molecule has 0 heterocycles. The number of allylic oxidation sites excluding steroid dienone is 1. The van der Waals surface area contributed by atoms with Crippen molar-refractivity contribution >= 4 is 0 Å². The van der Waals surface area contributed by atoms with E-state index >= 15 is 0 Å². The number of hydrogen-bond donors (Lipinski definition) is 1. The lowest BCUT2D eigenvalue weighted by Crippen LogP contribution is -2.51. The average Bonchev–Trinajstić information content (AvgIpc) is 3.15. The van der Waals surface area contributed by atoms with E-state index in [-0.39, 0.29) is 6.10 Å². The quantitative estimate of drug-likeness (QED) is 0.417. The number of aliphatic hydroxyl groups excluding tert-OH is 1. The van der Waals surface area contributed by atoms with Crippen LogP contribution in [0.2, 0.25) is 0 Å². The lowest BCUT2D eigenvalue weighted by atomic mass is 9.46. The van der Waals surface area contributed by atoms with Gasteiger partial charge in [0.1, 0.15) is 0 Å². The van der Waals surface area contributed by atoms with Gasteiger partial charge in [-0.3, -0.25) is 0 Å². The van der Waals surface area contributed by atoms with Gasteiger partial charge in [0.05, 0.1) is 6.10 Å². The molecule has 4 aliphatic rings. The Kier molecular flexibility index (Phi) is 8.43. The van der Waals surface area contributed by atoms with Gasteiger partial charge in [-0.25, -0.2) is 0 Å². The number of hydrogen-bond acceptors (Lipinski definition) is 1. The van der Waals surface area contributed by atoms with Crippen LogP contribution >= 0.6 is 0 Å². The molecule has 0 bridgehead atoms. The first-order valence-electron chi connectivity index (χ1n) is 14.2. The normalized spacial score (nSPS) is 42.6. The Morgan fingerprint density at radius 2 is 1.74 bits per heavy atom. The van der Waals surface area contributed by atoms with E-state index in [2.05, 4.69) is 40.7 Å². The van der Waals surface area contributed by atoms with E-state index in [9.17, 15) is 5.11 Å². The summed E-state index contributed by atoms with van der Waals surface area (Å²) in [5, 5.41) is 10.2. The Labute approximate surface area is 194 Å². The zero-order valence-corrected chi connectivity index (χ0v) is 22.1. The Morgan fingerprint density at radius 3 is 2.42 bits per heavy atom. The Bertz CT molecular complexity index is 606. The van der Waals surface area contributed by atoms with Crippen LogP contribution in [-0.4, -0.2) is 11.2 Å². The summed E-state index contributed by atoms with van der Waals surface area (Å²) < 4.78 is 0. The molecule has 4 aliphatic carbocycles. The summed E-state index contributed by atoms with van der Waals surface area (Å²) in [4.78, 5) is 0. The van der Waals surface area contributed by atoms with Crippen molar-refractivity contribution in [2.24, 2.45) is 46.3 Å².